The van der Waals surface area contributed by atoms with Gasteiger partial charge in [0.05, 0.1) is 16.1 Å². The van der Waals surface area contributed by atoms with Crippen molar-refractivity contribution in [1.82, 2.24) is 0 Å². The van der Waals surface area contributed by atoms with Gasteiger partial charge in [-0.3, -0.25) is 0 Å². The molecular weight excluding hydrogens is 609 g/mol. The van der Waals surface area contributed by atoms with Gasteiger partial charge in [-0.2, -0.15) is 0 Å². The minimum atomic E-state index is -1.38. The van der Waals surface area contributed by atoms with E-state index in [-0.39, 0.29) is 10.8 Å². The zero-order valence-corrected chi connectivity index (χ0v) is 32.4. The predicted molar refractivity (Wildman–Crippen MR) is 216 cm³/mol. The lowest BCUT2D eigenvalue weighted by Crippen LogP contribution is -2.37. The Morgan fingerprint density at radius 2 is 0.875 bits per heavy atom. The minimum Gasteiger partial charge on any atom is -0.0656 e. The van der Waals surface area contributed by atoms with Gasteiger partial charge in [0.2, 0.25) is 0 Å². The average Bonchev–Trinajstić information content (AvgIpc) is 3.42. The molecule has 6 aromatic carbocycles. The first kappa shape index (κ1) is 31.3. The van der Waals surface area contributed by atoms with Crippen molar-refractivity contribution in [3.63, 3.8) is 0 Å². The lowest BCUT2D eigenvalue weighted by molar-refractivity contribution is 0.601. The van der Waals surface area contributed by atoms with Gasteiger partial charge in [-0.15, -0.1) is 0 Å². The van der Waals surface area contributed by atoms with Gasteiger partial charge in [-0.25, -0.2) is 0 Å². The van der Waals surface area contributed by atoms with Crippen LogP contribution in [0.4, 0.5) is 0 Å². The minimum absolute atomic E-state index is 0.116. The standard InChI is InChI=1S/C46H48Si2/c1-45(2)40-27-31(29-15-20-32(21-16-29)47(5,6)7)19-24-35(40)37-25-26-38-42-36-14-12-11-13-34(36)39(28-41(42)46(3,4)44(38)43(37)45)30-17-22-33(23-18-30)48(8,9)10/h11-28H,1-10H3. The van der Waals surface area contributed by atoms with E-state index < -0.39 is 16.1 Å². The van der Waals surface area contributed by atoms with Gasteiger partial charge in [0.15, 0.2) is 0 Å². The lowest BCUT2D eigenvalue weighted by atomic mass is 9.72. The van der Waals surface area contributed by atoms with E-state index in [1.165, 1.54) is 87.9 Å². The second-order valence-corrected chi connectivity index (χ2v) is 27.6. The normalized spacial score (nSPS) is 15.6. The molecule has 0 amide bonds. The van der Waals surface area contributed by atoms with Crippen molar-refractivity contribution in [2.24, 2.45) is 0 Å². The first-order valence-corrected chi connectivity index (χ1v) is 24.7. The maximum Gasteiger partial charge on any atom is 0.0775 e. The van der Waals surface area contributed by atoms with Crippen molar-refractivity contribution >= 4 is 37.3 Å². The summed E-state index contributed by atoms with van der Waals surface area (Å²) in [5.41, 5.74) is 16.6. The first-order valence-electron chi connectivity index (χ1n) is 17.7. The largest absolute Gasteiger partial charge is 0.0775 e. The van der Waals surface area contributed by atoms with Crippen LogP contribution in [0.3, 0.4) is 0 Å². The van der Waals surface area contributed by atoms with Crippen LogP contribution in [0.5, 0.6) is 0 Å². The Morgan fingerprint density at radius 1 is 0.396 bits per heavy atom. The molecule has 0 aliphatic heterocycles. The van der Waals surface area contributed by atoms with Gasteiger partial charge in [0, 0.05) is 10.8 Å². The van der Waals surface area contributed by atoms with Gasteiger partial charge < -0.3 is 0 Å². The first-order chi connectivity index (χ1) is 22.6. The van der Waals surface area contributed by atoms with Crippen LogP contribution < -0.4 is 10.4 Å². The molecule has 8 rings (SSSR count). The fraction of sp³-hybridized carbons (Fsp3) is 0.261. The molecule has 2 aliphatic rings. The summed E-state index contributed by atoms with van der Waals surface area (Å²) in [6, 6.07) is 42.6. The molecule has 48 heavy (non-hydrogen) atoms. The van der Waals surface area contributed by atoms with Crippen LogP contribution in [0.2, 0.25) is 39.3 Å². The van der Waals surface area contributed by atoms with Crippen LogP contribution in [-0.2, 0) is 10.8 Å². The zero-order valence-electron chi connectivity index (χ0n) is 30.4. The molecule has 0 aromatic heterocycles. The average molecular weight is 657 g/mol. The summed E-state index contributed by atoms with van der Waals surface area (Å²) in [5.74, 6) is 0. The van der Waals surface area contributed by atoms with Gasteiger partial charge >= 0.3 is 0 Å². The molecule has 0 saturated heterocycles. The van der Waals surface area contributed by atoms with Crippen molar-refractivity contribution in [2.75, 3.05) is 0 Å². The molecule has 240 valence electrons. The van der Waals surface area contributed by atoms with Crippen LogP contribution in [0.25, 0.3) is 55.3 Å². The van der Waals surface area contributed by atoms with Gasteiger partial charge in [-0.1, -0.05) is 174 Å². The van der Waals surface area contributed by atoms with E-state index in [0.29, 0.717) is 0 Å². The van der Waals surface area contributed by atoms with E-state index in [4.69, 9.17) is 0 Å². The van der Waals surface area contributed by atoms with E-state index in [1.54, 1.807) is 0 Å². The van der Waals surface area contributed by atoms with E-state index in [1.807, 2.05) is 0 Å². The van der Waals surface area contributed by atoms with E-state index in [0.717, 1.165) is 0 Å². The number of benzene rings is 6. The summed E-state index contributed by atoms with van der Waals surface area (Å²) in [4.78, 5) is 0. The highest BCUT2D eigenvalue weighted by atomic mass is 28.3. The quantitative estimate of drug-likeness (QED) is 0.166. The fourth-order valence-corrected chi connectivity index (χ4v) is 11.1. The third-order valence-corrected chi connectivity index (χ3v) is 15.7. The molecule has 6 aromatic rings. The van der Waals surface area contributed by atoms with Crippen LogP contribution in [0, 0.1) is 0 Å². The van der Waals surface area contributed by atoms with Crippen LogP contribution in [0.15, 0.2) is 109 Å². The molecular formula is C46H48Si2. The van der Waals surface area contributed by atoms with E-state index in [9.17, 15) is 0 Å². The fourth-order valence-electron chi connectivity index (χ4n) is 8.79. The molecule has 0 spiro atoms. The molecule has 0 N–H and O–H groups in total. The maximum atomic E-state index is 2.53. The summed E-state index contributed by atoms with van der Waals surface area (Å²) >= 11 is 0. The maximum absolute atomic E-state index is 2.53. The summed E-state index contributed by atoms with van der Waals surface area (Å²) in [5, 5.41) is 5.72. The molecule has 0 bridgehead atoms. The SMILES string of the molecule is CC1(C)c2cc(-c3ccc([Si](C)(C)C)cc3)ccc2-c2ccc3c(c21)C(C)(C)c1cc(-c2ccc([Si](C)(C)C)cc2)c2ccccc2c1-3. The molecule has 0 atom stereocenters. The Morgan fingerprint density at radius 3 is 1.48 bits per heavy atom. The van der Waals surface area contributed by atoms with Crippen molar-refractivity contribution in [1.29, 1.82) is 0 Å². The third-order valence-electron chi connectivity index (χ3n) is 11.6. The second-order valence-electron chi connectivity index (χ2n) is 17.5. The molecule has 0 fully saturated rings. The highest BCUT2D eigenvalue weighted by Gasteiger charge is 2.46. The monoisotopic (exact) mass is 656 g/mol. The molecule has 0 saturated carbocycles. The Bertz CT molecular complexity index is 2270. The summed E-state index contributed by atoms with van der Waals surface area (Å²) < 4.78 is 0. The highest BCUT2D eigenvalue weighted by Crippen LogP contribution is 2.60. The Balaban J connectivity index is 1.29. The Hall–Kier alpha value is -3.99. The highest BCUT2D eigenvalue weighted by molar-refractivity contribution is 6.89. The smallest absolute Gasteiger partial charge is 0.0656 e. The predicted octanol–water partition coefficient (Wildman–Crippen LogP) is 11.9. The summed E-state index contributed by atoms with van der Waals surface area (Å²) in [6.45, 7) is 24.4. The molecule has 2 aliphatic carbocycles. The number of rotatable bonds is 4. The lowest BCUT2D eigenvalue weighted by Gasteiger charge is -2.31. The zero-order chi connectivity index (χ0) is 34.0. The Labute approximate surface area is 289 Å². The van der Waals surface area contributed by atoms with E-state index in [2.05, 4.69) is 176 Å². The molecule has 2 heteroatoms. The summed E-state index contributed by atoms with van der Waals surface area (Å²) in [6.07, 6.45) is 0. The number of hydrogen-bond donors (Lipinski definition) is 0. The Kier molecular flexibility index (Phi) is 6.69. The topological polar surface area (TPSA) is 0 Å². The van der Waals surface area contributed by atoms with Gasteiger partial charge in [0.25, 0.3) is 0 Å². The van der Waals surface area contributed by atoms with Gasteiger partial charge in [0.1, 0.15) is 0 Å². The van der Waals surface area contributed by atoms with Crippen molar-refractivity contribution in [2.45, 2.75) is 77.8 Å². The molecule has 0 nitrogen and oxygen atoms in total. The molecule has 0 radical (unpaired) electrons. The van der Waals surface area contributed by atoms with Crippen molar-refractivity contribution in [3.8, 4) is 44.5 Å². The summed E-state index contributed by atoms with van der Waals surface area (Å²) in [7, 11) is -2.71. The van der Waals surface area contributed by atoms with Crippen LogP contribution in [-0.4, -0.2) is 16.1 Å². The molecule has 0 heterocycles. The van der Waals surface area contributed by atoms with E-state index >= 15 is 0 Å². The van der Waals surface area contributed by atoms with Crippen molar-refractivity contribution in [3.05, 3.63) is 131 Å². The number of fused-ring (bicyclic) bond motifs is 9. The van der Waals surface area contributed by atoms with Gasteiger partial charge in [-0.05, 0) is 89.7 Å². The second kappa shape index (κ2) is 10.3. The van der Waals surface area contributed by atoms with Crippen LogP contribution >= 0.6 is 0 Å². The van der Waals surface area contributed by atoms with Crippen LogP contribution in [0.1, 0.15) is 49.9 Å². The molecule has 0 unspecified atom stereocenters. The van der Waals surface area contributed by atoms with Crippen molar-refractivity contribution < 1.29 is 0 Å². The third kappa shape index (κ3) is 4.52. The number of hydrogen-bond acceptors (Lipinski definition) is 0.